The molecule has 29 heavy (non-hydrogen) atoms. The fraction of sp³-hybridized carbons (Fsp3) is 0.600. The Hall–Kier alpha value is -2.84. The molecular weight excluding hydrogens is 380 g/mol. The van der Waals surface area contributed by atoms with Gasteiger partial charge in [-0.25, -0.2) is 14.6 Å². The highest BCUT2D eigenvalue weighted by Gasteiger charge is 2.40. The molecule has 1 amide bonds. The molecule has 160 valence electrons. The highest BCUT2D eigenvalue weighted by Crippen LogP contribution is 2.36. The Morgan fingerprint density at radius 1 is 1.07 bits per heavy atom. The van der Waals surface area contributed by atoms with Crippen LogP contribution in [0.1, 0.15) is 55.7 Å². The van der Waals surface area contributed by atoms with Crippen molar-refractivity contribution in [2.75, 3.05) is 27.9 Å². The molecule has 1 aromatic rings. The van der Waals surface area contributed by atoms with Crippen LogP contribution in [0.4, 0.5) is 4.79 Å². The van der Waals surface area contributed by atoms with Crippen molar-refractivity contribution in [1.82, 2.24) is 9.88 Å². The Labute approximate surface area is 170 Å². The molecule has 1 aliphatic heterocycles. The van der Waals surface area contributed by atoms with Crippen LogP contribution in [0, 0.1) is 5.92 Å². The van der Waals surface area contributed by atoms with Gasteiger partial charge in [-0.2, -0.15) is 0 Å². The lowest BCUT2D eigenvalue weighted by Crippen LogP contribution is -2.47. The van der Waals surface area contributed by atoms with Gasteiger partial charge in [-0.1, -0.05) is 0 Å². The molecule has 0 bridgehead atoms. The number of piperidine rings is 1. The molecule has 1 aliphatic rings. The van der Waals surface area contributed by atoms with E-state index in [-0.39, 0.29) is 12.1 Å². The highest BCUT2D eigenvalue weighted by molar-refractivity contribution is 5.91. The quantitative estimate of drug-likeness (QED) is 0.553. The van der Waals surface area contributed by atoms with Crippen LogP contribution in [-0.4, -0.2) is 61.4 Å². The number of hydrogen-bond acceptors (Lipinski definition) is 8. The molecule has 0 spiro atoms. The fourth-order valence-electron chi connectivity index (χ4n) is 3.24. The molecule has 9 nitrogen and oxygen atoms in total. The van der Waals surface area contributed by atoms with Gasteiger partial charge in [0.1, 0.15) is 5.60 Å². The minimum Gasteiger partial charge on any atom is -0.481 e. The third-order valence-electron chi connectivity index (χ3n) is 4.57. The summed E-state index contributed by atoms with van der Waals surface area (Å²) < 4.78 is 20.4. The molecule has 0 radical (unpaired) electrons. The summed E-state index contributed by atoms with van der Waals surface area (Å²) in [6.07, 6.45) is 0.260. The zero-order valence-electron chi connectivity index (χ0n) is 17.7. The lowest BCUT2D eigenvalue weighted by atomic mass is 9.89. The summed E-state index contributed by atoms with van der Waals surface area (Å²) >= 11 is 0. The van der Waals surface area contributed by atoms with E-state index in [0.717, 1.165) is 0 Å². The first-order valence-electron chi connectivity index (χ1n) is 9.32. The largest absolute Gasteiger partial charge is 0.481 e. The van der Waals surface area contributed by atoms with Crippen LogP contribution >= 0.6 is 0 Å². The Morgan fingerprint density at radius 2 is 1.76 bits per heavy atom. The number of nitrogens with zero attached hydrogens (tertiary/aromatic N) is 2. The second kappa shape index (κ2) is 9.11. The van der Waals surface area contributed by atoms with Crippen LogP contribution < -0.4 is 4.74 Å². The monoisotopic (exact) mass is 408 g/mol. The summed E-state index contributed by atoms with van der Waals surface area (Å²) in [6, 6.07) is 2.51. The van der Waals surface area contributed by atoms with E-state index in [1.165, 1.54) is 26.2 Å². The molecule has 2 heterocycles. The third kappa shape index (κ3) is 5.36. The normalized spacial score (nSPS) is 19.3. The van der Waals surface area contributed by atoms with Crippen LogP contribution in [0.25, 0.3) is 0 Å². The highest BCUT2D eigenvalue weighted by atomic mass is 16.6. The average Bonchev–Trinajstić information content (AvgIpc) is 2.70. The van der Waals surface area contributed by atoms with E-state index in [4.69, 9.17) is 18.9 Å². The number of methoxy groups -OCH3 is 3. The zero-order valence-corrected chi connectivity index (χ0v) is 17.7. The molecule has 0 saturated carbocycles. The Kier molecular flexibility index (Phi) is 7.05. The van der Waals surface area contributed by atoms with Crippen molar-refractivity contribution in [2.45, 2.75) is 45.3 Å². The van der Waals surface area contributed by atoms with Crippen molar-refractivity contribution < 1.29 is 33.3 Å². The first kappa shape index (κ1) is 22.4. The van der Waals surface area contributed by atoms with Gasteiger partial charge in [-0.15, -0.1) is 0 Å². The van der Waals surface area contributed by atoms with Gasteiger partial charge in [0.05, 0.1) is 44.5 Å². The number of pyridine rings is 1. The second-order valence-corrected chi connectivity index (χ2v) is 7.72. The molecule has 1 aromatic heterocycles. The molecule has 2 atom stereocenters. The van der Waals surface area contributed by atoms with Gasteiger partial charge in [0, 0.05) is 12.6 Å². The minimum atomic E-state index is -0.729. The Bertz CT molecular complexity index is 773. The van der Waals surface area contributed by atoms with Crippen LogP contribution in [0.2, 0.25) is 0 Å². The number of esters is 2. The molecule has 0 aromatic carbocycles. The van der Waals surface area contributed by atoms with Crippen LogP contribution in [0.15, 0.2) is 12.1 Å². The van der Waals surface area contributed by atoms with Gasteiger partial charge in [0.15, 0.2) is 0 Å². The Balaban J connectivity index is 2.48. The van der Waals surface area contributed by atoms with Gasteiger partial charge in [-0.05, 0) is 39.7 Å². The number of carbonyl (C=O) groups excluding carboxylic acids is 3. The second-order valence-electron chi connectivity index (χ2n) is 7.72. The molecule has 2 unspecified atom stereocenters. The van der Waals surface area contributed by atoms with Gasteiger partial charge < -0.3 is 18.9 Å². The van der Waals surface area contributed by atoms with Gasteiger partial charge in [-0.3, -0.25) is 9.69 Å². The smallest absolute Gasteiger partial charge is 0.410 e. The SMILES string of the molecule is COC(=O)c1ccc(OC)nc1C1CCC(C(=O)OC)CN1C(=O)OC(C)(C)C. The predicted molar refractivity (Wildman–Crippen MR) is 103 cm³/mol. The summed E-state index contributed by atoms with van der Waals surface area (Å²) in [5.41, 5.74) is -0.166. The van der Waals surface area contributed by atoms with Crippen molar-refractivity contribution in [3.63, 3.8) is 0 Å². The maximum atomic E-state index is 12.9. The topological polar surface area (TPSA) is 104 Å². The zero-order chi connectivity index (χ0) is 21.8. The van der Waals surface area contributed by atoms with Crippen LogP contribution in [0.3, 0.4) is 0 Å². The van der Waals surface area contributed by atoms with E-state index in [1.54, 1.807) is 32.9 Å². The summed E-state index contributed by atoms with van der Waals surface area (Å²) in [5, 5.41) is 0. The minimum absolute atomic E-state index is 0.0890. The van der Waals surface area contributed by atoms with E-state index in [9.17, 15) is 14.4 Å². The molecule has 1 fully saturated rings. The van der Waals surface area contributed by atoms with Crippen molar-refractivity contribution in [1.29, 1.82) is 0 Å². The van der Waals surface area contributed by atoms with E-state index in [1.807, 2.05) is 0 Å². The number of carbonyl (C=O) groups is 3. The summed E-state index contributed by atoms with van der Waals surface area (Å²) in [4.78, 5) is 43.1. The van der Waals surface area contributed by atoms with E-state index < -0.39 is 35.6 Å². The van der Waals surface area contributed by atoms with E-state index >= 15 is 0 Å². The number of rotatable bonds is 4. The van der Waals surface area contributed by atoms with Crippen molar-refractivity contribution in [3.8, 4) is 5.88 Å². The average molecular weight is 408 g/mol. The van der Waals surface area contributed by atoms with E-state index in [0.29, 0.717) is 24.4 Å². The summed E-state index contributed by atoms with van der Waals surface area (Å²) in [5.74, 6) is -1.17. The van der Waals surface area contributed by atoms with E-state index in [2.05, 4.69) is 4.98 Å². The molecule has 0 aliphatic carbocycles. The number of hydrogen-bond donors (Lipinski definition) is 0. The maximum Gasteiger partial charge on any atom is 0.410 e. The maximum absolute atomic E-state index is 12.9. The van der Waals surface area contributed by atoms with Crippen molar-refractivity contribution in [3.05, 3.63) is 23.4 Å². The van der Waals surface area contributed by atoms with Crippen LogP contribution in [0.5, 0.6) is 5.88 Å². The first-order valence-corrected chi connectivity index (χ1v) is 9.32. The summed E-state index contributed by atoms with van der Waals surface area (Å²) in [6.45, 7) is 5.35. The molecule has 2 rings (SSSR count). The fourth-order valence-corrected chi connectivity index (χ4v) is 3.24. The predicted octanol–water partition coefficient (Wildman–Crippen LogP) is 2.74. The number of amides is 1. The lowest BCUT2D eigenvalue weighted by molar-refractivity contribution is -0.147. The summed E-state index contributed by atoms with van der Waals surface area (Å²) in [7, 11) is 4.05. The Morgan fingerprint density at radius 3 is 2.31 bits per heavy atom. The molecule has 0 N–H and O–H groups in total. The van der Waals surface area contributed by atoms with Crippen LogP contribution in [-0.2, 0) is 19.0 Å². The molecule has 9 heteroatoms. The number of aromatic nitrogens is 1. The van der Waals surface area contributed by atoms with Crippen molar-refractivity contribution >= 4 is 18.0 Å². The first-order chi connectivity index (χ1) is 13.6. The van der Waals surface area contributed by atoms with Crippen molar-refractivity contribution in [2.24, 2.45) is 5.92 Å². The molecular formula is C20H28N2O7. The standard InChI is InChI=1S/C20H28N2O7/c1-20(2,3)29-19(25)22-11-12(17(23)27-5)7-9-14(22)16-13(18(24)28-6)8-10-15(21-16)26-4/h8,10,12,14H,7,9,11H2,1-6H3. The molecule has 1 saturated heterocycles. The van der Waals surface area contributed by atoms with Gasteiger partial charge in [0.2, 0.25) is 5.88 Å². The van der Waals surface area contributed by atoms with Gasteiger partial charge >= 0.3 is 18.0 Å². The lowest BCUT2D eigenvalue weighted by Gasteiger charge is -2.39. The number of likely N-dealkylation sites (tertiary alicyclic amines) is 1. The van der Waals surface area contributed by atoms with Gasteiger partial charge in [0.25, 0.3) is 0 Å². The third-order valence-corrected chi connectivity index (χ3v) is 4.57. The number of ether oxygens (including phenoxy) is 4.